The van der Waals surface area contributed by atoms with Crippen LogP contribution in [0.1, 0.15) is 12.0 Å². The van der Waals surface area contributed by atoms with Crippen LogP contribution in [0.25, 0.3) is 11.3 Å². The van der Waals surface area contributed by atoms with Crippen molar-refractivity contribution in [2.45, 2.75) is 12.8 Å². The van der Waals surface area contributed by atoms with Gasteiger partial charge in [0, 0.05) is 35.9 Å². The van der Waals surface area contributed by atoms with Gasteiger partial charge in [0.25, 0.3) is 5.91 Å². The molecule has 5 nitrogen and oxygen atoms in total. The lowest BCUT2D eigenvalue weighted by atomic mass is 9.74. The van der Waals surface area contributed by atoms with Crippen molar-refractivity contribution in [3.05, 3.63) is 106 Å². The molecule has 1 aliphatic rings. The lowest BCUT2D eigenvalue weighted by molar-refractivity contribution is -0.128. The van der Waals surface area contributed by atoms with E-state index in [0.29, 0.717) is 39.0 Å². The largest absolute Gasteiger partial charge is 0.358 e. The number of pyridine rings is 1. The van der Waals surface area contributed by atoms with Crippen molar-refractivity contribution in [2.24, 2.45) is 5.41 Å². The second-order valence-corrected chi connectivity index (χ2v) is 8.95. The van der Waals surface area contributed by atoms with Crippen molar-refractivity contribution >= 4 is 40.7 Å². The molecule has 0 bridgehead atoms. The summed E-state index contributed by atoms with van der Waals surface area (Å²) in [6.45, 7) is 0. The van der Waals surface area contributed by atoms with E-state index in [0.717, 1.165) is 5.56 Å². The molecular weight excluding hydrogens is 469 g/mol. The van der Waals surface area contributed by atoms with Crippen LogP contribution in [-0.2, 0) is 16.0 Å². The van der Waals surface area contributed by atoms with Crippen molar-refractivity contribution in [3.8, 4) is 11.3 Å². The first kappa shape index (κ1) is 23.7. The average Bonchev–Trinajstić information content (AvgIpc) is 2.85. The quantitative estimate of drug-likeness (QED) is 0.459. The number of aromatic nitrogens is 1. The molecular formula is C27H23Cl2N3O2. The van der Waals surface area contributed by atoms with Gasteiger partial charge < -0.3 is 10.6 Å². The number of nitrogens with zero attached hydrogens (tertiary/aromatic N) is 1. The van der Waals surface area contributed by atoms with Crippen LogP contribution in [0.4, 0.5) is 5.69 Å². The minimum Gasteiger partial charge on any atom is -0.358 e. The predicted molar refractivity (Wildman–Crippen MR) is 137 cm³/mol. The number of carbonyl (C=O) groups is 2. The zero-order valence-corrected chi connectivity index (χ0v) is 20.0. The van der Waals surface area contributed by atoms with E-state index in [2.05, 4.69) is 15.6 Å². The Morgan fingerprint density at radius 3 is 2.47 bits per heavy atom. The SMILES string of the molecule is CNC(=O)C1(Cc2ccccc2)C=CC(C(=O)Nc2ccc(Cl)c(-c3ccccn3)c2)=C(Cl)C1. The zero-order valence-electron chi connectivity index (χ0n) is 18.5. The average molecular weight is 492 g/mol. The molecule has 1 atom stereocenters. The van der Waals surface area contributed by atoms with Crippen LogP contribution in [0, 0.1) is 5.41 Å². The summed E-state index contributed by atoms with van der Waals surface area (Å²) in [7, 11) is 1.60. The van der Waals surface area contributed by atoms with Gasteiger partial charge in [-0.15, -0.1) is 0 Å². The molecule has 7 heteroatoms. The third-order valence-corrected chi connectivity index (χ3v) is 6.45. The van der Waals surface area contributed by atoms with Gasteiger partial charge in [0.2, 0.25) is 5.91 Å². The zero-order chi connectivity index (χ0) is 24.1. The first-order valence-electron chi connectivity index (χ1n) is 10.8. The summed E-state index contributed by atoms with van der Waals surface area (Å²) < 4.78 is 0. The molecule has 2 N–H and O–H groups in total. The summed E-state index contributed by atoms with van der Waals surface area (Å²) in [6, 6.07) is 20.5. The molecule has 2 amide bonds. The molecule has 0 saturated heterocycles. The molecule has 1 aromatic heterocycles. The number of nitrogens with one attached hydrogen (secondary N) is 2. The van der Waals surface area contributed by atoms with Gasteiger partial charge in [0.15, 0.2) is 0 Å². The number of hydrogen-bond donors (Lipinski definition) is 2. The smallest absolute Gasteiger partial charge is 0.256 e. The second kappa shape index (κ2) is 10.2. The third kappa shape index (κ3) is 5.06. The fraction of sp³-hybridized carbons (Fsp3) is 0.148. The molecule has 3 aromatic rings. The summed E-state index contributed by atoms with van der Waals surface area (Å²) in [4.78, 5) is 30.2. The number of rotatable bonds is 6. The van der Waals surface area contributed by atoms with Gasteiger partial charge in [-0.3, -0.25) is 14.6 Å². The van der Waals surface area contributed by atoms with E-state index >= 15 is 0 Å². The fourth-order valence-corrected chi connectivity index (χ4v) is 4.65. The maximum Gasteiger partial charge on any atom is 0.256 e. The van der Waals surface area contributed by atoms with Gasteiger partial charge in [0.05, 0.1) is 21.7 Å². The van der Waals surface area contributed by atoms with Crippen LogP contribution in [0.3, 0.4) is 0 Å². The number of halogens is 2. The monoisotopic (exact) mass is 491 g/mol. The highest BCUT2D eigenvalue weighted by Crippen LogP contribution is 2.40. The van der Waals surface area contributed by atoms with Gasteiger partial charge in [-0.1, -0.05) is 71.8 Å². The molecule has 1 aliphatic carbocycles. The Morgan fingerprint density at radius 1 is 1.03 bits per heavy atom. The van der Waals surface area contributed by atoms with E-state index in [9.17, 15) is 9.59 Å². The fourth-order valence-electron chi connectivity index (χ4n) is 4.05. The predicted octanol–water partition coefficient (Wildman–Crippen LogP) is 5.77. The molecule has 1 heterocycles. The summed E-state index contributed by atoms with van der Waals surface area (Å²) in [5.41, 5.74) is 2.44. The van der Waals surface area contributed by atoms with Gasteiger partial charge >= 0.3 is 0 Å². The molecule has 0 saturated carbocycles. The number of benzene rings is 2. The maximum atomic E-state index is 13.1. The molecule has 0 aliphatic heterocycles. The molecule has 0 spiro atoms. The third-order valence-electron chi connectivity index (χ3n) is 5.78. The molecule has 0 fully saturated rings. The molecule has 0 radical (unpaired) electrons. The van der Waals surface area contributed by atoms with Crippen LogP contribution in [0.5, 0.6) is 0 Å². The number of anilines is 1. The topological polar surface area (TPSA) is 71.1 Å². The van der Waals surface area contributed by atoms with E-state index in [1.807, 2.05) is 48.5 Å². The highest BCUT2D eigenvalue weighted by atomic mass is 35.5. The highest BCUT2D eigenvalue weighted by molar-refractivity contribution is 6.34. The van der Waals surface area contributed by atoms with Crippen molar-refractivity contribution in [1.82, 2.24) is 10.3 Å². The number of amides is 2. The normalized spacial score (nSPS) is 17.4. The Labute approximate surface area is 208 Å². The first-order valence-corrected chi connectivity index (χ1v) is 11.5. The van der Waals surface area contributed by atoms with Gasteiger partial charge in [-0.25, -0.2) is 0 Å². The Morgan fingerprint density at radius 2 is 1.79 bits per heavy atom. The van der Waals surface area contributed by atoms with E-state index < -0.39 is 5.41 Å². The van der Waals surface area contributed by atoms with Crippen LogP contribution < -0.4 is 10.6 Å². The number of hydrogen-bond acceptors (Lipinski definition) is 3. The van der Waals surface area contributed by atoms with Crippen LogP contribution >= 0.6 is 23.2 Å². The molecule has 2 aromatic carbocycles. The number of carbonyl (C=O) groups excluding carboxylic acids is 2. The van der Waals surface area contributed by atoms with Crippen molar-refractivity contribution in [3.63, 3.8) is 0 Å². The summed E-state index contributed by atoms with van der Waals surface area (Å²) in [6.07, 6.45) is 5.79. The molecule has 34 heavy (non-hydrogen) atoms. The first-order chi connectivity index (χ1) is 16.4. The minimum atomic E-state index is -0.872. The maximum absolute atomic E-state index is 13.1. The number of allylic oxidation sites excluding steroid dienone is 1. The van der Waals surface area contributed by atoms with Crippen molar-refractivity contribution < 1.29 is 9.59 Å². The molecule has 1 unspecified atom stereocenters. The lowest BCUT2D eigenvalue weighted by Gasteiger charge is -2.32. The standard InChI is InChI=1S/C27H23Cl2N3O2/c1-30-26(34)27(16-18-7-3-2-4-8-18)13-12-20(23(29)17-27)25(33)32-19-10-11-22(28)21(15-19)24-9-5-6-14-31-24/h2-15H,16-17H2,1H3,(H,30,34)(H,32,33). The minimum absolute atomic E-state index is 0.150. The van der Waals surface area contributed by atoms with Crippen molar-refractivity contribution in [2.75, 3.05) is 12.4 Å². The van der Waals surface area contributed by atoms with Gasteiger partial charge in [0.1, 0.15) is 0 Å². The van der Waals surface area contributed by atoms with E-state index in [1.165, 1.54) is 0 Å². The Kier molecular flexibility index (Phi) is 7.15. The Hall–Kier alpha value is -3.41. The van der Waals surface area contributed by atoms with Crippen molar-refractivity contribution in [1.29, 1.82) is 0 Å². The van der Waals surface area contributed by atoms with Crippen LogP contribution in [-0.4, -0.2) is 23.8 Å². The van der Waals surface area contributed by atoms with Crippen LogP contribution in [0.15, 0.2) is 95.7 Å². The molecule has 172 valence electrons. The summed E-state index contributed by atoms with van der Waals surface area (Å²) in [5.74, 6) is -0.510. The second-order valence-electron chi connectivity index (χ2n) is 8.09. The highest BCUT2D eigenvalue weighted by Gasteiger charge is 2.39. The van der Waals surface area contributed by atoms with Crippen LogP contribution in [0.2, 0.25) is 5.02 Å². The van der Waals surface area contributed by atoms with Gasteiger partial charge in [-0.2, -0.15) is 0 Å². The Balaban J connectivity index is 1.56. The van der Waals surface area contributed by atoms with E-state index in [4.69, 9.17) is 23.2 Å². The van der Waals surface area contributed by atoms with E-state index in [-0.39, 0.29) is 18.2 Å². The van der Waals surface area contributed by atoms with E-state index in [1.54, 1.807) is 43.6 Å². The summed E-state index contributed by atoms with van der Waals surface area (Å²) >= 11 is 13.0. The summed E-state index contributed by atoms with van der Waals surface area (Å²) in [5, 5.41) is 6.48. The Bertz CT molecular complexity index is 1270. The lowest BCUT2D eigenvalue weighted by Crippen LogP contribution is -2.41. The van der Waals surface area contributed by atoms with Gasteiger partial charge in [-0.05, 0) is 42.3 Å². The molecule has 4 rings (SSSR count).